The van der Waals surface area contributed by atoms with Crippen LogP contribution in [-0.4, -0.2) is 5.71 Å². The van der Waals surface area contributed by atoms with Gasteiger partial charge in [-0.15, -0.1) is 0 Å². The summed E-state index contributed by atoms with van der Waals surface area (Å²) in [6.07, 6.45) is 0. The van der Waals surface area contributed by atoms with E-state index in [9.17, 15) is 4.39 Å². The van der Waals surface area contributed by atoms with E-state index >= 15 is 0 Å². The fraction of sp³-hybridized carbons (Fsp3) is 0.222. The molecule has 0 unspecified atom stereocenters. The van der Waals surface area contributed by atoms with E-state index in [1.807, 2.05) is 13.8 Å². The summed E-state index contributed by atoms with van der Waals surface area (Å²) in [5, 5.41) is 3.88. The highest BCUT2D eigenvalue weighted by molar-refractivity contribution is 5.79. The molecule has 0 aliphatic heterocycles. The largest absolute Gasteiger partial charge is 0.276 e. The highest BCUT2D eigenvalue weighted by Crippen LogP contribution is 2.11. The molecule has 0 aliphatic rings. The van der Waals surface area contributed by atoms with Crippen LogP contribution in [0.5, 0.6) is 0 Å². The first-order valence-electron chi connectivity index (χ1n) is 3.71. The van der Waals surface area contributed by atoms with Crippen molar-refractivity contribution in [3.05, 3.63) is 30.1 Å². The van der Waals surface area contributed by atoms with Crippen molar-refractivity contribution in [2.45, 2.75) is 13.8 Å². The van der Waals surface area contributed by atoms with Crippen LogP contribution in [0.2, 0.25) is 0 Å². The Labute approximate surface area is 71.1 Å². The Morgan fingerprint density at radius 3 is 2.58 bits per heavy atom. The summed E-state index contributed by atoms with van der Waals surface area (Å²) in [5.41, 5.74) is 3.89. The monoisotopic (exact) mass is 166 g/mol. The number of benzene rings is 1. The van der Waals surface area contributed by atoms with Gasteiger partial charge >= 0.3 is 0 Å². The maximum atomic E-state index is 12.9. The lowest BCUT2D eigenvalue weighted by molar-refractivity contribution is 0.630. The van der Waals surface area contributed by atoms with E-state index in [-0.39, 0.29) is 5.82 Å². The van der Waals surface area contributed by atoms with Crippen molar-refractivity contribution < 1.29 is 4.39 Å². The predicted octanol–water partition coefficient (Wildman–Crippen LogP) is 2.63. The quantitative estimate of drug-likeness (QED) is 0.530. The zero-order chi connectivity index (χ0) is 8.97. The fourth-order valence-electron chi connectivity index (χ4n) is 0.724. The number of nitrogens with zero attached hydrogens (tertiary/aromatic N) is 1. The first-order chi connectivity index (χ1) is 5.70. The standard InChI is InChI=1S/C9H11FN2/c1-7(2)11-12-9-6-4-3-5-8(9)10/h3-6,12H,1-2H3. The van der Waals surface area contributed by atoms with E-state index in [0.717, 1.165) is 5.71 Å². The number of nitrogens with one attached hydrogen (secondary N) is 1. The van der Waals surface area contributed by atoms with Gasteiger partial charge in [0.25, 0.3) is 0 Å². The summed E-state index contributed by atoms with van der Waals surface area (Å²) in [6, 6.07) is 6.43. The van der Waals surface area contributed by atoms with E-state index in [1.54, 1.807) is 18.2 Å². The molecule has 0 aliphatic carbocycles. The van der Waals surface area contributed by atoms with Gasteiger partial charge in [-0.1, -0.05) is 12.1 Å². The van der Waals surface area contributed by atoms with Gasteiger partial charge in [0, 0.05) is 5.71 Å². The van der Waals surface area contributed by atoms with Crippen LogP contribution in [0.4, 0.5) is 10.1 Å². The summed E-state index contributed by atoms with van der Waals surface area (Å²) in [5.74, 6) is -0.289. The zero-order valence-electron chi connectivity index (χ0n) is 7.13. The van der Waals surface area contributed by atoms with E-state index in [2.05, 4.69) is 10.5 Å². The van der Waals surface area contributed by atoms with Crippen LogP contribution in [0.25, 0.3) is 0 Å². The van der Waals surface area contributed by atoms with Gasteiger partial charge in [-0.3, -0.25) is 5.43 Å². The van der Waals surface area contributed by atoms with Gasteiger partial charge in [-0.05, 0) is 26.0 Å². The average molecular weight is 166 g/mol. The van der Waals surface area contributed by atoms with Crippen LogP contribution in [-0.2, 0) is 0 Å². The smallest absolute Gasteiger partial charge is 0.148 e. The minimum absolute atomic E-state index is 0.289. The molecule has 0 heterocycles. The Morgan fingerprint density at radius 1 is 1.33 bits per heavy atom. The Bertz CT molecular complexity index is 290. The average Bonchev–Trinajstić information content (AvgIpc) is 2.03. The number of hydrogen-bond donors (Lipinski definition) is 1. The number of hydrazone groups is 1. The predicted molar refractivity (Wildman–Crippen MR) is 48.8 cm³/mol. The third kappa shape index (κ3) is 2.34. The molecule has 1 aromatic carbocycles. The summed E-state index contributed by atoms with van der Waals surface area (Å²) in [4.78, 5) is 0. The van der Waals surface area contributed by atoms with Crippen LogP contribution in [0.3, 0.4) is 0 Å². The fourth-order valence-corrected chi connectivity index (χ4v) is 0.724. The normalized spacial score (nSPS) is 9.25. The number of anilines is 1. The second-order valence-corrected chi connectivity index (χ2v) is 2.65. The third-order valence-corrected chi connectivity index (χ3v) is 1.27. The topological polar surface area (TPSA) is 24.4 Å². The minimum atomic E-state index is -0.289. The molecule has 0 radical (unpaired) electrons. The van der Waals surface area contributed by atoms with Crippen LogP contribution in [0.1, 0.15) is 13.8 Å². The van der Waals surface area contributed by atoms with Gasteiger partial charge in [0.2, 0.25) is 0 Å². The Hall–Kier alpha value is -1.38. The molecule has 12 heavy (non-hydrogen) atoms. The van der Waals surface area contributed by atoms with Crippen LogP contribution < -0.4 is 5.43 Å². The molecule has 1 aromatic rings. The maximum Gasteiger partial charge on any atom is 0.148 e. The highest BCUT2D eigenvalue weighted by atomic mass is 19.1. The van der Waals surface area contributed by atoms with Crippen molar-refractivity contribution in [2.24, 2.45) is 5.10 Å². The Balaban J connectivity index is 2.76. The summed E-state index contributed by atoms with van der Waals surface area (Å²) >= 11 is 0. The van der Waals surface area contributed by atoms with E-state index in [4.69, 9.17) is 0 Å². The maximum absolute atomic E-state index is 12.9. The molecular weight excluding hydrogens is 155 g/mol. The molecule has 3 heteroatoms. The molecule has 0 aromatic heterocycles. The molecule has 0 saturated carbocycles. The third-order valence-electron chi connectivity index (χ3n) is 1.27. The molecule has 0 fully saturated rings. The minimum Gasteiger partial charge on any atom is -0.276 e. The number of rotatable bonds is 2. The van der Waals surface area contributed by atoms with Crippen molar-refractivity contribution in [3.63, 3.8) is 0 Å². The van der Waals surface area contributed by atoms with E-state index in [0.29, 0.717) is 5.69 Å². The van der Waals surface area contributed by atoms with E-state index < -0.39 is 0 Å². The Kier molecular flexibility index (Phi) is 2.80. The van der Waals surface area contributed by atoms with Crippen molar-refractivity contribution >= 4 is 11.4 Å². The zero-order valence-corrected chi connectivity index (χ0v) is 7.13. The van der Waals surface area contributed by atoms with E-state index in [1.165, 1.54) is 6.07 Å². The number of hydrogen-bond acceptors (Lipinski definition) is 2. The van der Waals surface area contributed by atoms with Gasteiger partial charge in [-0.25, -0.2) is 4.39 Å². The lowest BCUT2D eigenvalue weighted by atomic mass is 10.3. The molecule has 0 amide bonds. The van der Waals surface area contributed by atoms with Gasteiger partial charge in [-0.2, -0.15) is 5.10 Å². The summed E-state index contributed by atoms with van der Waals surface area (Å²) in [7, 11) is 0. The van der Waals surface area contributed by atoms with Gasteiger partial charge in [0.1, 0.15) is 5.82 Å². The van der Waals surface area contributed by atoms with Crippen LogP contribution in [0, 0.1) is 5.82 Å². The number of para-hydroxylation sites is 1. The van der Waals surface area contributed by atoms with Crippen molar-refractivity contribution in [1.29, 1.82) is 0 Å². The molecule has 0 spiro atoms. The molecule has 1 N–H and O–H groups in total. The Morgan fingerprint density at radius 2 is 2.00 bits per heavy atom. The first-order valence-corrected chi connectivity index (χ1v) is 3.71. The lowest BCUT2D eigenvalue weighted by Crippen LogP contribution is -1.94. The highest BCUT2D eigenvalue weighted by Gasteiger charge is 1.96. The number of halogens is 1. The molecule has 64 valence electrons. The van der Waals surface area contributed by atoms with Crippen molar-refractivity contribution in [2.75, 3.05) is 5.43 Å². The molecule has 0 atom stereocenters. The van der Waals surface area contributed by atoms with Crippen molar-refractivity contribution in [3.8, 4) is 0 Å². The SMILES string of the molecule is CC(C)=NNc1ccccc1F. The molecule has 1 rings (SSSR count). The first kappa shape index (κ1) is 8.71. The van der Waals surface area contributed by atoms with Crippen molar-refractivity contribution in [1.82, 2.24) is 0 Å². The van der Waals surface area contributed by atoms with Crippen LogP contribution >= 0.6 is 0 Å². The molecule has 2 nitrogen and oxygen atoms in total. The second kappa shape index (κ2) is 3.85. The second-order valence-electron chi connectivity index (χ2n) is 2.65. The van der Waals surface area contributed by atoms with Gasteiger partial charge in [0.05, 0.1) is 5.69 Å². The molecule has 0 bridgehead atoms. The van der Waals surface area contributed by atoms with Gasteiger partial charge < -0.3 is 0 Å². The molecule has 0 saturated heterocycles. The van der Waals surface area contributed by atoms with Crippen LogP contribution in [0.15, 0.2) is 29.4 Å². The summed E-state index contributed by atoms with van der Waals surface area (Å²) < 4.78 is 12.9. The molecular formula is C9H11FN2. The van der Waals surface area contributed by atoms with Gasteiger partial charge in [0.15, 0.2) is 0 Å². The summed E-state index contributed by atoms with van der Waals surface area (Å²) in [6.45, 7) is 3.68. The lowest BCUT2D eigenvalue weighted by Gasteiger charge is -2.00.